The molecular weight excluding hydrogens is 220 g/mol. The second-order valence-corrected chi connectivity index (χ2v) is 4.18. The number of carboxylic acids is 1. The first-order valence-corrected chi connectivity index (χ1v) is 5.60. The van der Waals surface area contributed by atoms with Crippen LogP contribution in [0.2, 0.25) is 0 Å². The molecule has 1 unspecified atom stereocenters. The van der Waals surface area contributed by atoms with Gasteiger partial charge in [-0.1, -0.05) is 12.1 Å². The highest BCUT2D eigenvalue weighted by Gasteiger charge is 2.44. The van der Waals surface area contributed by atoms with Gasteiger partial charge in [0.05, 0.1) is 7.11 Å². The zero-order valence-electron chi connectivity index (χ0n) is 10.0. The third kappa shape index (κ3) is 1.69. The number of carbonyl (C=O) groups is 1. The second-order valence-electron chi connectivity index (χ2n) is 4.18. The van der Waals surface area contributed by atoms with Gasteiger partial charge in [0.2, 0.25) is 0 Å². The molecule has 1 aliphatic rings. The van der Waals surface area contributed by atoms with Crippen molar-refractivity contribution in [1.29, 1.82) is 0 Å². The molecule has 92 valence electrons. The van der Waals surface area contributed by atoms with Gasteiger partial charge in [-0.25, -0.2) is 4.79 Å². The number of carboxylic acid groups (broad SMARTS) is 1. The lowest BCUT2D eigenvalue weighted by molar-refractivity contribution is -0.165. The lowest BCUT2D eigenvalue weighted by Gasteiger charge is -2.34. The van der Waals surface area contributed by atoms with E-state index >= 15 is 0 Å². The summed E-state index contributed by atoms with van der Waals surface area (Å²) in [7, 11) is 3.04. The number of hydrogen-bond donors (Lipinski definition) is 1. The number of benzene rings is 1. The standard InChI is InChI=1S/C13H16O4/c1-16-11-7-3-6-10-9(11)5-4-8-13(10,17-2)12(14)15/h3,6-7H,4-5,8H2,1-2H3,(H,14,15). The number of aliphatic carboxylic acids is 1. The van der Waals surface area contributed by atoms with Crippen molar-refractivity contribution >= 4 is 5.97 Å². The third-order valence-corrected chi connectivity index (χ3v) is 3.44. The number of methoxy groups -OCH3 is 2. The molecule has 2 rings (SSSR count). The monoisotopic (exact) mass is 236 g/mol. The highest BCUT2D eigenvalue weighted by molar-refractivity contribution is 5.81. The Bertz CT molecular complexity index is 441. The van der Waals surface area contributed by atoms with E-state index in [1.165, 1.54) is 7.11 Å². The summed E-state index contributed by atoms with van der Waals surface area (Å²) in [5.41, 5.74) is 0.450. The average Bonchev–Trinajstić information content (AvgIpc) is 2.36. The second kappa shape index (κ2) is 4.37. The van der Waals surface area contributed by atoms with E-state index in [4.69, 9.17) is 9.47 Å². The predicted octanol–water partition coefficient (Wildman–Crippen LogP) is 1.96. The Morgan fingerprint density at radius 3 is 2.76 bits per heavy atom. The van der Waals surface area contributed by atoms with Gasteiger partial charge in [-0.3, -0.25) is 0 Å². The summed E-state index contributed by atoms with van der Waals surface area (Å²) in [5, 5.41) is 9.43. The Hall–Kier alpha value is -1.55. The molecule has 0 aromatic heterocycles. The maximum Gasteiger partial charge on any atom is 0.340 e. The van der Waals surface area contributed by atoms with Crippen LogP contribution in [-0.4, -0.2) is 25.3 Å². The van der Waals surface area contributed by atoms with Crippen molar-refractivity contribution in [1.82, 2.24) is 0 Å². The minimum Gasteiger partial charge on any atom is -0.496 e. The number of fused-ring (bicyclic) bond motifs is 1. The van der Waals surface area contributed by atoms with Crippen molar-refractivity contribution in [3.63, 3.8) is 0 Å². The SMILES string of the molecule is COc1cccc2c1CCCC2(OC)C(=O)O. The fourth-order valence-electron chi connectivity index (χ4n) is 2.56. The van der Waals surface area contributed by atoms with E-state index in [2.05, 4.69) is 0 Å². The van der Waals surface area contributed by atoms with Crippen LogP contribution >= 0.6 is 0 Å². The highest BCUT2D eigenvalue weighted by atomic mass is 16.5. The summed E-state index contributed by atoms with van der Waals surface area (Å²) in [5.74, 6) is -0.195. The smallest absolute Gasteiger partial charge is 0.340 e. The molecule has 17 heavy (non-hydrogen) atoms. The first-order chi connectivity index (χ1) is 8.15. The molecule has 1 atom stereocenters. The molecule has 1 N–H and O–H groups in total. The molecule has 0 spiro atoms. The summed E-state index contributed by atoms with van der Waals surface area (Å²) >= 11 is 0. The van der Waals surface area contributed by atoms with E-state index in [0.29, 0.717) is 6.42 Å². The van der Waals surface area contributed by atoms with Gasteiger partial charge in [0.15, 0.2) is 5.60 Å². The lowest BCUT2D eigenvalue weighted by Crippen LogP contribution is -2.41. The van der Waals surface area contributed by atoms with E-state index in [0.717, 1.165) is 29.7 Å². The molecule has 0 aliphatic heterocycles. The largest absolute Gasteiger partial charge is 0.496 e. The molecule has 0 amide bonds. The normalized spacial score (nSPS) is 22.9. The van der Waals surface area contributed by atoms with Crippen molar-refractivity contribution in [2.75, 3.05) is 14.2 Å². The zero-order chi connectivity index (χ0) is 12.5. The van der Waals surface area contributed by atoms with Gasteiger partial charge >= 0.3 is 5.97 Å². The topological polar surface area (TPSA) is 55.8 Å². The highest BCUT2D eigenvalue weighted by Crippen LogP contribution is 2.41. The molecule has 1 aromatic carbocycles. The van der Waals surface area contributed by atoms with E-state index in [1.807, 2.05) is 12.1 Å². The van der Waals surface area contributed by atoms with E-state index in [9.17, 15) is 9.90 Å². The van der Waals surface area contributed by atoms with Gasteiger partial charge in [0.25, 0.3) is 0 Å². The van der Waals surface area contributed by atoms with Crippen LogP contribution in [0, 0.1) is 0 Å². The van der Waals surface area contributed by atoms with Gasteiger partial charge in [-0.2, -0.15) is 0 Å². The summed E-state index contributed by atoms with van der Waals surface area (Å²) in [6.07, 6.45) is 2.12. The first-order valence-electron chi connectivity index (χ1n) is 5.60. The number of ether oxygens (including phenoxy) is 2. The van der Waals surface area contributed by atoms with Crippen LogP contribution in [0.25, 0.3) is 0 Å². The van der Waals surface area contributed by atoms with Crippen molar-refractivity contribution in [2.24, 2.45) is 0 Å². The molecular formula is C13H16O4. The van der Waals surface area contributed by atoms with Crippen LogP contribution in [0.1, 0.15) is 24.0 Å². The summed E-state index contributed by atoms with van der Waals surface area (Å²) < 4.78 is 10.6. The first kappa shape index (κ1) is 11.9. The molecule has 4 nitrogen and oxygen atoms in total. The fraction of sp³-hybridized carbons (Fsp3) is 0.462. The van der Waals surface area contributed by atoms with Crippen LogP contribution in [0.3, 0.4) is 0 Å². The Morgan fingerprint density at radius 1 is 1.41 bits per heavy atom. The van der Waals surface area contributed by atoms with Crippen molar-refractivity contribution in [3.05, 3.63) is 29.3 Å². The quantitative estimate of drug-likeness (QED) is 0.871. The average molecular weight is 236 g/mol. The van der Waals surface area contributed by atoms with Crippen LogP contribution in [0.4, 0.5) is 0 Å². The molecule has 0 radical (unpaired) electrons. The molecule has 1 aliphatic carbocycles. The van der Waals surface area contributed by atoms with Crippen molar-refractivity contribution in [2.45, 2.75) is 24.9 Å². The predicted molar refractivity (Wildman–Crippen MR) is 62.3 cm³/mol. The number of rotatable bonds is 3. The van der Waals surface area contributed by atoms with Crippen LogP contribution in [-0.2, 0) is 21.6 Å². The van der Waals surface area contributed by atoms with Crippen molar-refractivity contribution in [3.8, 4) is 5.75 Å². The minimum atomic E-state index is -1.22. The van der Waals surface area contributed by atoms with Gasteiger partial charge in [-0.05, 0) is 25.3 Å². The molecule has 0 bridgehead atoms. The molecule has 0 heterocycles. The maximum atomic E-state index is 11.5. The van der Waals surface area contributed by atoms with Gasteiger partial charge in [-0.15, -0.1) is 0 Å². The van der Waals surface area contributed by atoms with Gasteiger partial charge in [0, 0.05) is 18.2 Å². The molecule has 4 heteroatoms. The molecule has 0 saturated carbocycles. The summed E-state index contributed by atoms with van der Waals surface area (Å²) in [6, 6.07) is 5.47. The molecule has 1 aromatic rings. The zero-order valence-corrected chi connectivity index (χ0v) is 10.0. The summed E-state index contributed by atoms with van der Waals surface area (Å²) in [6.45, 7) is 0. The Labute approximate surface area is 100 Å². The molecule has 0 saturated heterocycles. The molecule has 0 fully saturated rings. The Morgan fingerprint density at radius 2 is 2.18 bits per heavy atom. The Kier molecular flexibility index (Phi) is 3.07. The minimum absolute atomic E-state index is 0.499. The lowest BCUT2D eigenvalue weighted by atomic mass is 9.78. The van der Waals surface area contributed by atoms with Crippen molar-refractivity contribution < 1.29 is 19.4 Å². The van der Waals surface area contributed by atoms with E-state index in [1.54, 1.807) is 13.2 Å². The number of hydrogen-bond acceptors (Lipinski definition) is 3. The summed E-state index contributed by atoms with van der Waals surface area (Å²) in [4.78, 5) is 11.5. The van der Waals surface area contributed by atoms with Crippen LogP contribution in [0.5, 0.6) is 5.75 Å². The van der Waals surface area contributed by atoms with Crippen LogP contribution < -0.4 is 4.74 Å². The Balaban J connectivity index is 2.62. The van der Waals surface area contributed by atoms with E-state index < -0.39 is 11.6 Å². The van der Waals surface area contributed by atoms with Gasteiger partial charge < -0.3 is 14.6 Å². The van der Waals surface area contributed by atoms with Crippen LogP contribution in [0.15, 0.2) is 18.2 Å². The fourth-order valence-corrected chi connectivity index (χ4v) is 2.56. The van der Waals surface area contributed by atoms with Gasteiger partial charge in [0.1, 0.15) is 5.75 Å². The van der Waals surface area contributed by atoms with E-state index in [-0.39, 0.29) is 0 Å². The maximum absolute atomic E-state index is 11.5. The third-order valence-electron chi connectivity index (χ3n) is 3.44.